The van der Waals surface area contributed by atoms with E-state index in [2.05, 4.69) is 20.7 Å². The molecule has 1 aromatic carbocycles. The van der Waals surface area contributed by atoms with E-state index in [0.717, 1.165) is 10.6 Å². The van der Waals surface area contributed by atoms with Crippen LogP contribution in [0.4, 0.5) is 0 Å². The molecule has 1 aliphatic rings. The van der Waals surface area contributed by atoms with Gasteiger partial charge < -0.3 is 10.2 Å². The van der Waals surface area contributed by atoms with Crippen LogP contribution in [0.5, 0.6) is 0 Å². The van der Waals surface area contributed by atoms with Gasteiger partial charge in [0.05, 0.1) is 12.1 Å². The Hall–Kier alpha value is -2.35. The van der Waals surface area contributed by atoms with Crippen molar-refractivity contribution in [3.63, 3.8) is 0 Å². The molecule has 8 heteroatoms. The minimum absolute atomic E-state index is 0.0395. The van der Waals surface area contributed by atoms with E-state index < -0.39 is 0 Å². The van der Waals surface area contributed by atoms with Crippen molar-refractivity contribution in [2.75, 3.05) is 18.8 Å². The number of carbonyl (C=O) groups excluding carboxylic acids is 2. The number of nitrogens with zero attached hydrogens (tertiary/aromatic N) is 3. The first-order valence-corrected chi connectivity index (χ1v) is 9.20. The normalized spacial score (nSPS) is 17.1. The summed E-state index contributed by atoms with van der Waals surface area (Å²) in [4.78, 5) is 26.2. The third kappa shape index (κ3) is 4.82. The summed E-state index contributed by atoms with van der Waals surface area (Å²) in [7, 11) is 0. The number of H-pyrrole nitrogens is 1. The van der Waals surface area contributed by atoms with Crippen LogP contribution >= 0.6 is 11.8 Å². The van der Waals surface area contributed by atoms with Gasteiger partial charge >= 0.3 is 0 Å². The summed E-state index contributed by atoms with van der Waals surface area (Å²) in [6.07, 6.45) is 1.93. The van der Waals surface area contributed by atoms with Crippen LogP contribution in [0.3, 0.4) is 0 Å². The maximum atomic E-state index is 12.3. The lowest BCUT2D eigenvalue weighted by atomic mass is 10.1. The Morgan fingerprint density at radius 1 is 1.40 bits per heavy atom. The maximum Gasteiger partial charge on any atom is 0.225 e. The highest BCUT2D eigenvalue weighted by molar-refractivity contribution is 7.99. The van der Waals surface area contributed by atoms with Gasteiger partial charge in [-0.15, -0.1) is 16.9 Å². The molecule has 3 rings (SSSR count). The van der Waals surface area contributed by atoms with Gasteiger partial charge in [-0.2, -0.15) is 10.3 Å². The van der Waals surface area contributed by atoms with E-state index in [1.165, 1.54) is 17.3 Å². The average Bonchev–Trinajstić information content (AvgIpc) is 3.24. The third-order valence-electron chi connectivity index (χ3n) is 4.12. The second kappa shape index (κ2) is 8.15. The summed E-state index contributed by atoms with van der Waals surface area (Å²) >= 11 is 1.52. The Balaban J connectivity index is 1.43. The fourth-order valence-electron chi connectivity index (χ4n) is 2.75. The van der Waals surface area contributed by atoms with E-state index in [-0.39, 0.29) is 24.2 Å². The zero-order chi connectivity index (χ0) is 17.6. The lowest BCUT2D eigenvalue weighted by molar-refractivity contribution is -0.129. The van der Waals surface area contributed by atoms with E-state index >= 15 is 0 Å². The monoisotopic (exact) mass is 359 g/mol. The van der Waals surface area contributed by atoms with Gasteiger partial charge in [0, 0.05) is 31.8 Å². The van der Waals surface area contributed by atoms with Crippen molar-refractivity contribution < 1.29 is 9.59 Å². The lowest BCUT2D eigenvalue weighted by Gasteiger charge is -2.17. The van der Waals surface area contributed by atoms with Crippen LogP contribution in [0.15, 0.2) is 35.5 Å². The van der Waals surface area contributed by atoms with E-state index in [4.69, 9.17) is 0 Å². The Bertz CT molecular complexity index is 717. The van der Waals surface area contributed by atoms with Crippen LogP contribution in [-0.4, -0.2) is 51.0 Å². The summed E-state index contributed by atoms with van der Waals surface area (Å²) in [5.74, 6) is 0.430. The molecular formula is C17H21N5O2S. The summed E-state index contributed by atoms with van der Waals surface area (Å²) in [5.41, 5.74) is 2.28. The SMILES string of the molecule is Cc1ccc(CN2C[C@@H](C(=O)NCCSc3cn[nH]n3)CC2=O)cc1. The highest BCUT2D eigenvalue weighted by Crippen LogP contribution is 2.20. The van der Waals surface area contributed by atoms with Gasteiger partial charge in [-0.05, 0) is 12.5 Å². The molecular weight excluding hydrogens is 338 g/mol. The average molecular weight is 359 g/mol. The molecule has 7 nitrogen and oxygen atoms in total. The van der Waals surface area contributed by atoms with Gasteiger partial charge in [-0.3, -0.25) is 9.59 Å². The highest BCUT2D eigenvalue weighted by Gasteiger charge is 2.33. The number of carbonyl (C=O) groups is 2. The van der Waals surface area contributed by atoms with Crippen molar-refractivity contribution in [3.05, 3.63) is 41.6 Å². The first kappa shape index (κ1) is 17.5. The zero-order valence-corrected chi connectivity index (χ0v) is 14.9. The number of amides is 2. The predicted molar refractivity (Wildman–Crippen MR) is 94.8 cm³/mol. The molecule has 0 bridgehead atoms. The van der Waals surface area contributed by atoms with Gasteiger partial charge in [0.1, 0.15) is 5.03 Å². The smallest absolute Gasteiger partial charge is 0.225 e. The van der Waals surface area contributed by atoms with Gasteiger partial charge in [0.2, 0.25) is 11.8 Å². The standard InChI is InChI=1S/C17H21N5O2S/c1-12-2-4-13(5-3-12)10-22-11-14(8-16(22)23)17(24)18-6-7-25-15-9-19-21-20-15/h2-5,9,14H,6-8,10-11H2,1H3,(H,18,24)(H,19,20,21)/t14-/m0/s1. The van der Waals surface area contributed by atoms with Crippen LogP contribution in [0.25, 0.3) is 0 Å². The second-order valence-electron chi connectivity index (χ2n) is 6.11. The topological polar surface area (TPSA) is 91.0 Å². The number of rotatable bonds is 7. The van der Waals surface area contributed by atoms with Crippen LogP contribution in [0.1, 0.15) is 17.5 Å². The highest BCUT2D eigenvalue weighted by atomic mass is 32.2. The molecule has 25 heavy (non-hydrogen) atoms. The fourth-order valence-corrected chi connectivity index (χ4v) is 3.40. The van der Waals surface area contributed by atoms with Crippen LogP contribution in [-0.2, 0) is 16.1 Å². The van der Waals surface area contributed by atoms with Gasteiger partial charge in [-0.25, -0.2) is 0 Å². The molecule has 1 aromatic heterocycles. The van der Waals surface area contributed by atoms with Crippen molar-refractivity contribution in [3.8, 4) is 0 Å². The van der Waals surface area contributed by atoms with E-state index in [1.54, 1.807) is 11.1 Å². The van der Waals surface area contributed by atoms with Gasteiger partial charge in [0.25, 0.3) is 0 Å². The Morgan fingerprint density at radius 3 is 2.92 bits per heavy atom. The van der Waals surface area contributed by atoms with E-state index in [9.17, 15) is 9.59 Å². The molecule has 0 radical (unpaired) electrons. The zero-order valence-electron chi connectivity index (χ0n) is 14.1. The van der Waals surface area contributed by atoms with E-state index in [1.807, 2.05) is 31.2 Å². The van der Waals surface area contributed by atoms with Crippen molar-refractivity contribution in [2.24, 2.45) is 5.92 Å². The molecule has 0 unspecified atom stereocenters. The maximum absolute atomic E-state index is 12.3. The third-order valence-corrected chi connectivity index (χ3v) is 5.02. The fraction of sp³-hybridized carbons (Fsp3) is 0.412. The molecule has 132 valence electrons. The Morgan fingerprint density at radius 2 is 2.20 bits per heavy atom. The number of benzene rings is 1. The number of aromatic nitrogens is 3. The summed E-state index contributed by atoms with van der Waals surface area (Å²) < 4.78 is 0. The molecule has 1 fully saturated rings. The molecule has 0 aliphatic carbocycles. The van der Waals surface area contributed by atoms with Crippen LogP contribution < -0.4 is 5.32 Å². The van der Waals surface area contributed by atoms with Crippen LogP contribution in [0.2, 0.25) is 0 Å². The molecule has 0 saturated carbocycles. The first-order chi connectivity index (χ1) is 12.1. The summed E-state index contributed by atoms with van der Waals surface area (Å²) in [6, 6.07) is 8.12. The molecule has 2 amide bonds. The van der Waals surface area contributed by atoms with Gasteiger partial charge in [0.15, 0.2) is 0 Å². The van der Waals surface area contributed by atoms with Crippen molar-refractivity contribution in [1.29, 1.82) is 0 Å². The largest absolute Gasteiger partial charge is 0.355 e. The van der Waals surface area contributed by atoms with E-state index in [0.29, 0.717) is 25.4 Å². The second-order valence-corrected chi connectivity index (χ2v) is 7.22. The number of aryl methyl sites for hydroxylation is 1. The molecule has 2 aromatic rings. The number of likely N-dealkylation sites (tertiary alicyclic amines) is 1. The summed E-state index contributed by atoms with van der Waals surface area (Å²) in [6.45, 7) is 3.62. The quantitative estimate of drug-likeness (QED) is 0.575. The number of nitrogens with one attached hydrogen (secondary N) is 2. The van der Waals surface area contributed by atoms with Gasteiger partial charge in [-0.1, -0.05) is 29.8 Å². The number of hydrogen-bond donors (Lipinski definition) is 2. The predicted octanol–water partition coefficient (Wildman–Crippen LogP) is 1.37. The number of hydrogen-bond acceptors (Lipinski definition) is 5. The molecule has 1 atom stereocenters. The Kier molecular flexibility index (Phi) is 5.70. The van der Waals surface area contributed by atoms with Crippen molar-refractivity contribution in [1.82, 2.24) is 25.6 Å². The molecule has 2 N–H and O–H groups in total. The van der Waals surface area contributed by atoms with Crippen molar-refractivity contribution in [2.45, 2.75) is 24.9 Å². The minimum atomic E-state index is -0.269. The number of thioether (sulfide) groups is 1. The molecule has 2 heterocycles. The molecule has 0 spiro atoms. The molecule has 1 saturated heterocycles. The summed E-state index contributed by atoms with van der Waals surface area (Å²) in [5, 5.41) is 13.9. The first-order valence-electron chi connectivity index (χ1n) is 8.21. The Labute approximate surface area is 150 Å². The number of aromatic amines is 1. The minimum Gasteiger partial charge on any atom is -0.355 e. The lowest BCUT2D eigenvalue weighted by Crippen LogP contribution is -2.34. The van der Waals surface area contributed by atoms with Crippen molar-refractivity contribution >= 4 is 23.6 Å². The van der Waals surface area contributed by atoms with Crippen LogP contribution in [0, 0.1) is 12.8 Å². The molecule has 1 aliphatic heterocycles.